The third-order valence-corrected chi connectivity index (χ3v) is 5.32. The summed E-state index contributed by atoms with van der Waals surface area (Å²) in [4.78, 5) is 19.3. The zero-order valence-corrected chi connectivity index (χ0v) is 15.2. The highest BCUT2D eigenvalue weighted by atomic mass is 32.1. The van der Waals surface area contributed by atoms with Gasteiger partial charge in [-0.25, -0.2) is 9.67 Å². The monoisotopic (exact) mass is 364 g/mol. The zero-order valence-electron chi connectivity index (χ0n) is 14.4. The van der Waals surface area contributed by atoms with Gasteiger partial charge >= 0.3 is 5.97 Å². The second-order valence-corrected chi connectivity index (χ2v) is 7.32. The molecule has 2 aromatic heterocycles. The number of rotatable bonds is 8. The summed E-state index contributed by atoms with van der Waals surface area (Å²) in [6.45, 7) is 5.53. The van der Waals surface area contributed by atoms with Crippen LogP contribution in [0.4, 0.5) is 0 Å². The van der Waals surface area contributed by atoms with Gasteiger partial charge in [-0.3, -0.25) is 9.69 Å². The van der Waals surface area contributed by atoms with Gasteiger partial charge in [0.15, 0.2) is 5.82 Å². The quantitative estimate of drug-likeness (QED) is 0.767. The summed E-state index contributed by atoms with van der Waals surface area (Å²) < 4.78 is 6.94. The normalized spacial score (nSPS) is 16.8. The molecular weight excluding hydrogens is 340 g/mol. The van der Waals surface area contributed by atoms with E-state index in [-0.39, 0.29) is 6.54 Å². The van der Waals surface area contributed by atoms with Gasteiger partial charge in [0.05, 0.1) is 13.2 Å². The second-order valence-electron chi connectivity index (χ2n) is 6.29. The topological polar surface area (TPSA) is 80.5 Å². The number of nitrogens with zero attached hydrogens (tertiary/aromatic N) is 4. The van der Waals surface area contributed by atoms with Gasteiger partial charge in [0.25, 0.3) is 0 Å². The van der Waals surface area contributed by atoms with Gasteiger partial charge in [0, 0.05) is 36.9 Å². The second kappa shape index (κ2) is 8.55. The van der Waals surface area contributed by atoms with Crippen LogP contribution in [0, 0.1) is 0 Å². The van der Waals surface area contributed by atoms with E-state index in [0.717, 1.165) is 45.0 Å². The number of aliphatic carboxylic acids is 1. The van der Waals surface area contributed by atoms with E-state index in [0.29, 0.717) is 18.3 Å². The van der Waals surface area contributed by atoms with Crippen molar-refractivity contribution in [3.05, 3.63) is 34.0 Å². The average molecular weight is 364 g/mol. The number of aryl methyl sites for hydroxylation is 1. The first kappa shape index (κ1) is 18.0. The molecule has 1 unspecified atom stereocenters. The van der Waals surface area contributed by atoms with E-state index in [1.807, 2.05) is 17.5 Å². The molecular formula is C17H24N4O3S. The summed E-state index contributed by atoms with van der Waals surface area (Å²) >= 11 is 1.66. The van der Waals surface area contributed by atoms with Crippen molar-refractivity contribution in [3.8, 4) is 0 Å². The minimum atomic E-state index is -0.893. The van der Waals surface area contributed by atoms with Crippen molar-refractivity contribution in [2.45, 2.75) is 38.8 Å². The van der Waals surface area contributed by atoms with E-state index in [2.05, 4.69) is 21.9 Å². The molecule has 1 atom stereocenters. The van der Waals surface area contributed by atoms with E-state index >= 15 is 0 Å². The maximum absolute atomic E-state index is 11.1. The van der Waals surface area contributed by atoms with Crippen LogP contribution in [0.15, 0.2) is 17.5 Å². The number of carboxylic acids is 1. The number of thiophene rings is 1. The Hall–Kier alpha value is -1.77. The van der Waals surface area contributed by atoms with Gasteiger partial charge < -0.3 is 9.84 Å². The molecule has 2 aromatic rings. The van der Waals surface area contributed by atoms with Gasteiger partial charge in [0.2, 0.25) is 0 Å². The fraction of sp³-hybridized carbons (Fsp3) is 0.588. The molecule has 0 aliphatic carbocycles. The maximum atomic E-state index is 11.1. The van der Waals surface area contributed by atoms with E-state index in [9.17, 15) is 4.79 Å². The summed E-state index contributed by atoms with van der Waals surface area (Å²) in [5.74, 6) is 0.557. The minimum absolute atomic E-state index is 0.140. The molecule has 1 N–H and O–H groups in total. The molecule has 0 saturated carbocycles. The number of aromatic nitrogens is 3. The summed E-state index contributed by atoms with van der Waals surface area (Å²) in [5.41, 5.74) is 0. The molecule has 0 spiro atoms. The fourth-order valence-electron chi connectivity index (χ4n) is 3.05. The van der Waals surface area contributed by atoms with Crippen LogP contribution in [0.5, 0.6) is 0 Å². The van der Waals surface area contributed by atoms with Crippen molar-refractivity contribution < 1.29 is 14.6 Å². The van der Waals surface area contributed by atoms with Crippen LogP contribution < -0.4 is 0 Å². The van der Waals surface area contributed by atoms with Gasteiger partial charge in [-0.1, -0.05) is 6.07 Å². The number of hydrogen-bond donors (Lipinski definition) is 1. The first-order chi connectivity index (χ1) is 12.1. The number of morpholine rings is 1. The van der Waals surface area contributed by atoms with Crippen LogP contribution in [0.2, 0.25) is 0 Å². The van der Waals surface area contributed by atoms with E-state index in [1.165, 1.54) is 9.56 Å². The van der Waals surface area contributed by atoms with E-state index in [4.69, 9.17) is 9.84 Å². The summed E-state index contributed by atoms with van der Waals surface area (Å²) in [7, 11) is 0. The van der Waals surface area contributed by atoms with E-state index in [1.54, 1.807) is 11.3 Å². The number of hydrogen-bond acceptors (Lipinski definition) is 6. The summed E-state index contributed by atoms with van der Waals surface area (Å²) in [6, 6.07) is 4.46. The maximum Gasteiger partial charge on any atom is 0.325 e. The minimum Gasteiger partial charge on any atom is -0.480 e. The largest absolute Gasteiger partial charge is 0.480 e. The molecule has 0 aromatic carbocycles. The molecule has 3 heterocycles. The van der Waals surface area contributed by atoms with Crippen molar-refractivity contribution in [1.82, 2.24) is 19.7 Å². The smallest absolute Gasteiger partial charge is 0.325 e. The highest BCUT2D eigenvalue weighted by Crippen LogP contribution is 2.15. The molecule has 0 radical (unpaired) electrons. The third-order valence-electron chi connectivity index (χ3n) is 4.44. The van der Waals surface area contributed by atoms with E-state index < -0.39 is 5.97 Å². The molecule has 1 aliphatic heterocycles. The molecule has 136 valence electrons. The van der Waals surface area contributed by atoms with Crippen LogP contribution in [-0.2, 0) is 28.9 Å². The van der Waals surface area contributed by atoms with Crippen LogP contribution in [-0.4, -0.2) is 63.1 Å². The third kappa shape index (κ3) is 5.10. The number of carbonyl (C=O) groups is 1. The van der Waals surface area contributed by atoms with Gasteiger partial charge in [0.1, 0.15) is 12.4 Å². The highest BCUT2D eigenvalue weighted by molar-refractivity contribution is 7.09. The molecule has 3 rings (SSSR count). The SMILES string of the molecule is CC(CCc1nc(Cc2cccs2)nn1CC(=O)O)N1CCOCC1. The lowest BCUT2D eigenvalue weighted by molar-refractivity contribution is -0.137. The number of ether oxygens (including phenoxy) is 1. The molecule has 1 fully saturated rings. The summed E-state index contributed by atoms with van der Waals surface area (Å²) in [5, 5.41) is 15.6. The van der Waals surface area contributed by atoms with Crippen molar-refractivity contribution in [1.29, 1.82) is 0 Å². The van der Waals surface area contributed by atoms with Crippen molar-refractivity contribution in [3.63, 3.8) is 0 Å². The fourth-order valence-corrected chi connectivity index (χ4v) is 3.75. The van der Waals surface area contributed by atoms with Crippen LogP contribution in [0.1, 0.15) is 29.9 Å². The molecule has 1 saturated heterocycles. The van der Waals surface area contributed by atoms with Crippen molar-refractivity contribution in [2.24, 2.45) is 0 Å². The van der Waals surface area contributed by atoms with Crippen LogP contribution >= 0.6 is 11.3 Å². The predicted molar refractivity (Wildman–Crippen MR) is 95.0 cm³/mol. The lowest BCUT2D eigenvalue weighted by Crippen LogP contribution is -2.42. The molecule has 0 amide bonds. The Kier molecular flexibility index (Phi) is 6.17. The standard InChI is InChI=1S/C17H24N4O3S/c1-13(20-6-8-24-9-7-20)4-5-16-18-15(11-14-3-2-10-25-14)19-21(16)12-17(22)23/h2-3,10,13H,4-9,11-12H2,1H3,(H,22,23). The first-order valence-electron chi connectivity index (χ1n) is 8.60. The van der Waals surface area contributed by atoms with Gasteiger partial charge in [-0.05, 0) is 24.8 Å². The molecule has 8 heteroatoms. The van der Waals surface area contributed by atoms with Gasteiger partial charge in [-0.2, -0.15) is 5.10 Å². The Morgan fingerprint density at radius 1 is 1.44 bits per heavy atom. The molecule has 7 nitrogen and oxygen atoms in total. The van der Waals surface area contributed by atoms with Crippen molar-refractivity contribution >= 4 is 17.3 Å². The molecule has 0 bridgehead atoms. The Bertz CT molecular complexity index is 680. The Balaban J connectivity index is 1.65. The van der Waals surface area contributed by atoms with Crippen LogP contribution in [0.3, 0.4) is 0 Å². The Morgan fingerprint density at radius 2 is 2.24 bits per heavy atom. The lowest BCUT2D eigenvalue weighted by atomic mass is 10.1. The first-order valence-corrected chi connectivity index (χ1v) is 9.48. The Labute approximate surface area is 151 Å². The van der Waals surface area contributed by atoms with Crippen molar-refractivity contribution in [2.75, 3.05) is 26.3 Å². The molecule has 25 heavy (non-hydrogen) atoms. The Morgan fingerprint density at radius 3 is 2.92 bits per heavy atom. The predicted octanol–water partition coefficient (Wildman–Crippen LogP) is 1.67. The highest BCUT2D eigenvalue weighted by Gasteiger charge is 2.19. The number of carboxylic acid groups (broad SMARTS) is 1. The zero-order chi connectivity index (χ0) is 17.6. The van der Waals surface area contributed by atoms with Gasteiger partial charge in [-0.15, -0.1) is 11.3 Å². The molecule has 1 aliphatic rings. The van der Waals surface area contributed by atoms with Crippen LogP contribution in [0.25, 0.3) is 0 Å². The lowest BCUT2D eigenvalue weighted by Gasteiger charge is -2.32. The summed E-state index contributed by atoms with van der Waals surface area (Å²) in [6.07, 6.45) is 2.30. The average Bonchev–Trinajstić information content (AvgIpc) is 3.23.